The number of nitrogens with zero attached hydrogens (tertiary/aromatic N) is 1. The summed E-state index contributed by atoms with van der Waals surface area (Å²) < 4.78 is 10.3. The zero-order chi connectivity index (χ0) is 17.4. The van der Waals surface area contributed by atoms with E-state index in [0.717, 1.165) is 18.4 Å². The molecule has 1 amide bonds. The van der Waals surface area contributed by atoms with E-state index in [1.165, 1.54) is 0 Å². The van der Waals surface area contributed by atoms with Crippen molar-refractivity contribution in [3.8, 4) is 0 Å². The minimum absolute atomic E-state index is 0.0902. The monoisotopic (exact) mass is 334 g/mol. The Morgan fingerprint density at radius 2 is 2.04 bits per heavy atom. The highest BCUT2D eigenvalue weighted by Crippen LogP contribution is 2.21. The van der Waals surface area contributed by atoms with Crippen LogP contribution in [0.1, 0.15) is 31.7 Å². The molecule has 1 aromatic rings. The summed E-state index contributed by atoms with van der Waals surface area (Å²) in [7, 11) is 0. The minimum atomic E-state index is -0.327. The van der Waals surface area contributed by atoms with E-state index >= 15 is 0 Å². The number of benzene rings is 1. The van der Waals surface area contributed by atoms with Gasteiger partial charge in [-0.05, 0) is 31.2 Å². The van der Waals surface area contributed by atoms with E-state index in [9.17, 15) is 9.59 Å². The predicted molar refractivity (Wildman–Crippen MR) is 90.1 cm³/mol. The van der Waals surface area contributed by atoms with Crippen LogP contribution in [0.5, 0.6) is 0 Å². The maximum Gasteiger partial charge on any atom is 0.410 e. The van der Waals surface area contributed by atoms with Gasteiger partial charge in [-0.15, -0.1) is 0 Å². The van der Waals surface area contributed by atoms with Crippen molar-refractivity contribution in [3.05, 3.63) is 35.9 Å². The van der Waals surface area contributed by atoms with E-state index in [-0.39, 0.29) is 37.0 Å². The van der Waals surface area contributed by atoms with E-state index < -0.39 is 0 Å². The zero-order valence-corrected chi connectivity index (χ0v) is 14.1. The van der Waals surface area contributed by atoms with Crippen LogP contribution in [-0.2, 0) is 20.9 Å². The molecule has 2 N–H and O–H groups in total. The number of likely N-dealkylation sites (tertiary alicyclic amines) is 1. The molecule has 0 radical (unpaired) electrons. The quantitative estimate of drug-likeness (QED) is 0.807. The summed E-state index contributed by atoms with van der Waals surface area (Å²) in [5.74, 6) is -0.193. The number of rotatable bonds is 6. The molecule has 2 atom stereocenters. The molecule has 24 heavy (non-hydrogen) atoms. The van der Waals surface area contributed by atoms with Gasteiger partial charge in [0.05, 0.1) is 13.0 Å². The molecular weight excluding hydrogens is 308 g/mol. The highest BCUT2D eigenvalue weighted by atomic mass is 16.6. The lowest BCUT2D eigenvalue weighted by molar-refractivity contribution is -0.143. The van der Waals surface area contributed by atoms with E-state index in [1.807, 2.05) is 30.3 Å². The first kappa shape index (κ1) is 18.3. The van der Waals surface area contributed by atoms with Crippen molar-refractivity contribution in [1.29, 1.82) is 0 Å². The van der Waals surface area contributed by atoms with Gasteiger partial charge in [0.25, 0.3) is 0 Å². The number of amides is 1. The third kappa shape index (κ3) is 5.53. The molecule has 0 aromatic heterocycles. The Morgan fingerprint density at radius 1 is 1.29 bits per heavy atom. The molecule has 0 unspecified atom stereocenters. The molecule has 0 aliphatic carbocycles. The smallest absolute Gasteiger partial charge is 0.410 e. The first-order chi connectivity index (χ1) is 11.6. The lowest BCUT2D eigenvalue weighted by atomic mass is 9.89. The largest absolute Gasteiger partial charge is 0.466 e. The van der Waals surface area contributed by atoms with Crippen LogP contribution in [0.2, 0.25) is 0 Å². The van der Waals surface area contributed by atoms with Crippen LogP contribution in [0.25, 0.3) is 0 Å². The summed E-state index contributed by atoms with van der Waals surface area (Å²) in [6, 6.07) is 9.28. The lowest BCUT2D eigenvalue weighted by Crippen LogP contribution is -2.46. The number of carbonyl (C=O) groups is 2. The Morgan fingerprint density at radius 3 is 2.75 bits per heavy atom. The van der Waals surface area contributed by atoms with Crippen molar-refractivity contribution in [2.75, 3.05) is 19.7 Å². The third-order valence-electron chi connectivity index (χ3n) is 4.23. The predicted octanol–water partition coefficient (Wildman–Crippen LogP) is 2.32. The minimum Gasteiger partial charge on any atom is -0.466 e. The van der Waals surface area contributed by atoms with Gasteiger partial charge in [-0.1, -0.05) is 30.3 Å². The molecule has 0 bridgehead atoms. The van der Waals surface area contributed by atoms with E-state index in [0.29, 0.717) is 19.7 Å². The summed E-state index contributed by atoms with van der Waals surface area (Å²) in [4.78, 5) is 25.5. The fourth-order valence-corrected chi connectivity index (χ4v) is 2.91. The van der Waals surface area contributed by atoms with Gasteiger partial charge in [-0.2, -0.15) is 0 Å². The maximum atomic E-state index is 12.2. The van der Waals surface area contributed by atoms with Crippen LogP contribution in [0.15, 0.2) is 30.3 Å². The van der Waals surface area contributed by atoms with Crippen molar-refractivity contribution >= 4 is 12.1 Å². The van der Waals surface area contributed by atoms with Crippen LogP contribution in [-0.4, -0.2) is 42.7 Å². The number of esters is 1. The second-order valence-electron chi connectivity index (χ2n) is 6.06. The Hall–Kier alpha value is -2.08. The molecule has 2 rings (SSSR count). The number of hydrogen-bond donors (Lipinski definition) is 1. The van der Waals surface area contributed by atoms with Gasteiger partial charge in [0.15, 0.2) is 0 Å². The van der Waals surface area contributed by atoms with Crippen LogP contribution in [0.4, 0.5) is 4.79 Å². The third-order valence-corrected chi connectivity index (χ3v) is 4.23. The van der Waals surface area contributed by atoms with Gasteiger partial charge < -0.3 is 20.1 Å². The molecule has 1 fully saturated rings. The van der Waals surface area contributed by atoms with Crippen molar-refractivity contribution in [2.24, 2.45) is 11.7 Å². The average Bonchev–Trinajstić information content (AvgIpc) is 2.61. The molecule has 1 aliphatic rings. The molecule has 0 saturated carbocycles. The molecule has 1 aliphatic heterocycles. The topological polar surface area (TPSA) is 81.9 Å². The maximum absolute atomic E-state index is 12.2. The Labute approximate surface area is 142 Å². The fraction of sp³-hybridized carbons (Fsp3) is 0.556. The van der Waals surface area contributed by atoms with E-state index in [4.69, 9.17) is 15.2 Å². The van der Waals surface area contributed by atoms with Gasteiger partial charge in [-0.3, -0.25) is 4.79 Å². The highest BCUT2D eigenvalue weighted by molar-refractivity contribution is 5.70. The van der Waals surface area contributed by atoms with Gasteiger partial charge in [0, 0.05) is 19.1 Å². The normalized spacial score (nSPS) is 18.8. The summed E-state index contributed by atoms with van der Waals surface area (Å²) in [5, 5.41) is 0. The van der Waals surface area contributed by atoms with Crippen molar-refractivity contribution in [1.82, 2.24) is 4.90 Å². The SMILES string of the molecule is CCOC(=O)C[C@H](N)[C@@H]1CCCN(C(=O)OCc2ccccc2)C1. The Bertz CT molecular complexity index is 535. The average molecular weight is 334 g/mol. The number of hydrogen-bond acceptors (Lipinski definition) is 5. The molecule has 1 heterocycles. The summed E-state index contributed by atoms with van der Waals surface area (Å²) in [6.07, 6.45) is 1.63. The first-order valence-corrected chi connectivity index (χ1v) is 8.47. The van der Waals surface area contributed by atoms with E-state index in [2.05, 4.69) is 0 Å². The molecule has 0 spiro atoms. The van der Waals surface area contributed by atoms with Gasteiger partial charge in [0.1, 0.15) is 6.61 Å². The second-order valence-corrected chi connectivity index (χ2v) is 6.06. The van der Waals surface area contributed by atoms with Crippen molar-refractivity contribution < 1.29 is 19.1 Å². The van der Waals surface area contributed by atoms with Crippen molar-refractivity contribution in [3.63, 3.8) is 0 Å². The number of carbonyl (C=O) groups excluding carboxylic acids is 2. The van der Waals surface area contributed by atoms with Crippen molar-refractivity contribution in [2.45, 2.75) is 38.8 Å². The van der Waals surface area contributed by atoms with Gasteiger partial charge in [-0.25, -0.2) is 4.79 Å². The number of piperidine rings is 1. The van der Waals surface area contributed by atoms with Gasteiger partial charge >= 0.3 is 12.1 Å². The second kappa shape index (κ2) is 9.27. The van der Waals surface area contributed by atoms with Crippen LogP contribution in [0.3, 0.4) is 0 Å². The summed E-state index contributed by atoms with van der Waals surface area (Å²) in [5.41, 5.74) is 7.08. The number of nitrogens with two attached hydrogens (primary N) is 1. The summed E-state index contributed by atoms with van der Waals surface area (Å²) in [6.45, 7) is 3.57. The molecule has 1 saturated heterocycles. The van der Waals surface area contributed by atoms with Crippen LogP contribution >= 0.6 is 0 Å². The molecule has 6 heteroatoms. The van der Waals surface area contributed by atoms with Crippen LogP contribution < -0.4 is 5.73 Å². The Kier molecular flexibility index (Phi) is 7.06. The first-order valence-electron chi connectivity index (χ1n) is 8.47. The fourth-order valence-electron chi connectivity index (χ4n) is 2.91. The summed E-state index contributed by atoms with van der Waals surface area (Å²) >= 11 is 0. The zero-order valence-electron chi connectivity index (χ0n) is 14.1. The van der Waals surface area contributed by atoms with Crippen LogP contribution in [0, 0.1) is 5.92 Å². The highest BCUT2D eigenvalue weighted by Gasteiger charge is 2.29. The molecule has 1 aromatic carbocycles. The number of ether oxygens (including phenoxy) is 2. The lowest BCUT2D eigenvalue weighted by Gasteiger charge is -2.34. The molecule has 132 valence electrons. The Balaban J connectivity index is 1.81. The molecule has 6 nitrogen and oxygen atoms in total. The standard InChI is InChI=1S/C18H26N2O4/c1-2-23-17(21)11-16(19)15-9-6-10-20(12-15)18(22)24-13-14-7-4-3-5-8-14/h3-5,7-8,15-16H,2,6,9-13,19H2,1H3/t15-,16+/m1/s1. The van der Waals surface area contributed by atoms with E-state index in [1.54, 1.807) is 11.8 Å². The van der Waals surface area contributed by atoms with Gasteiger partial charge in [0.2, 0.25) is 0 Å². The molecular formula is C18H26N2O4.